The first kappa shape index (κ1) is 22.3. The quantitative estimate of drug-likeness (QED) is 0.451. The van der Waals surface area contributed by atoms with Crippen LogP contribution < -0.4 is 0 Å². The molecular formula is C26H38O2. The summed E-state index contributed by atoms with van der Waals surface area (Å²) < 4.78 is 0. The lowest BCUT2D eigenvalue weighted by atomic mass is 9.79. The second kappa shape index (κ2) is 10.5. The molecule has 0 saturated heterocycles. The van der Waals surface area contributed by atoms with E-state index in [1.54, 1.807) is 0 Å². The summed E-state index contributed by atoms with van der Waals surface area (Å²) in [5, 5.41) is 22.2. The molecule has 0 bridgehead atoms. The SMILES string of the molecule is CCCCc1ccc(C)c(O)c1C(CCC)c1c(CCCC)ccc(C)c1O. The Morgan fingerprint density at radius 3 is 1.46 bits per heavy atom. The summed E-state index contributed by atoms with van der Waals surface area (Å²) in [5.74, 6) is 0.854. The normalized spacial score (nSPS) is 11.4. The average Bonchev–Trinajstić information content (AvgIpc) is 2.69. The fraction of sp³-hybridized carbons (Fsp3) is 0.538. The predicted molar refractivity (Wildman–Crippen MR) is 120 cm³/mol. The van der Waals surface area contributed by atoms with Crippen molar-refractivity contribution in [2.24, 2.45) is 0 Å². The Morgan fingerprint density at radius 2 is 1.11 bits per heavy atom. The molecule has 0 aliphatic rings. The van der Waals surface area contributed by atoms with Gasteiger partial charge >= 0.3 is 0 Å². The van der Waals surface area contributed by atoms with E-state index in [-0.39, 0.29) is 5.92 Å². The molecule has 0 fully saturated rings. The molecule has 0 saturated carbocycles. The van der Waals surface area contributed by atoms with E-state index in [0.717, 1.165) is 73.6 Å². The van der Waals surface area contributed by atoms with Gasteiger partial charge in [0, 0.05) is 17.0 Å². The van der Waals surface area contributed by atoms with Crippen LogP contribution in [0.3, 0.4) is 0 Å². The van der Waals surface area contributed by atoms with Crippen LogP contribution in [0, 0.1) is 13.8 Å². The van der Waals surface area contributed by atoms with Crippen LogP contribution in [0.25, 0.3) is 0 Å². The zero-order valence-electron chi connectivity index (χ0n) is 18.4. The van der Waals surface area contributed by atoms with Crippen molar-refractivity contribution in [2.75, 3.05) is 0 Å². The monoisotopic (exact) mass is 382 g/mol. The number of phenols is 2. The molecule has 2 N–H and O–H groups in total. The lowest BCUT2D eigenvalue weighted by molar-refractivity contribution is 0.443. The fourth-order valence-corrected chi connectivity index (χ4v) is 4.19. The molecule has 0 aliphatic heterocycles. The number of aromatic hydroxyl groups is 2. The minimum absolute atomic E-state index is 0.0310. The second-order valence-electron chi connectivity index (χ2n) is 8.16. The van der Waals surface area contributed by atoms with E-state index in [0.29, 0.717) is 11.5 Å². The summed E-state index contributed by atoms with van der Waals surface area (Å²) in [6.45, 7) is 10.5. The molecule has 28 heavy (non-hydrogen) atoms. The number of hydrogen-bond donors (Lipinski definition) is 2. The van der Waals surface area contributed by atoms with Gasteiger partial charge in [-0.25, -0.2) is 0 Å². The summed E-state index contributed by atoms with van der Waals surface area (Å²) in [5.41, 5.74) is 6.36. The highest BCUT2D eigenvalue weighted by atomic mass is 16.3. The highest BCUT2D eigenvalue weighted by Crippen LogP contribution is 2.45. The first-order valence-electron chi connectivity index (χ1n) is 11.1. The van der Waals surface area contributed by atoms with Crippen molar-refractivity contribution in [3.05, 3.63) is 57.6 Å². The largest absolute Gasteiger partial charge is 0.507 e. The number of unbranched alkanes of at least 4 members (excludes halogenated alkanes) is 2. The van der Waals surface area contributed by atoms with Crippen LogP contribution in [-0.4, -0.2) is 10.2 Å². The van der Waals surface area contributed by atoms with Gasteiger partial charge in [-0.05, 0) is 68.2 Å². The molecule has 0 heterocycles. The third kappa shape index (κ3) is 4.90. The minimum atomic E-state index is 0.0310. The van der Waals surface area contributed by atoms with Crippen LogP contribution >= 0.6 is 0 Å². The summed E-state index contributed by atoms with van der Waals surface area (Å²) in [7, 11) is 0. The number of benzene rings is 2. The molecule has 0 amide bonds. The number of aryl methyl sites for hydroxylation is 4. The summed E-state index contributed by atoms with van der Waals surface area (Å²) in [6, 6.07) is 8.42. The molecule has 0 atom stereocenters. The topological polar surface area (TPSA) is 40.5 Å². The van der Waals surface area contributed by atoms with Crippen LogP contribution in [-0.2, 0) is 12.8 Å². The molecular weight excluding hydrogens is 344 g/mol. The van der Waals surface area contributed by atoms with Crippen molar-refractivity contribution in [2.45, 2.75) is 91.9 Å². The molecule has 2 aromatic carbocycles. The molecule has 2 aromatic rings. The molecule has 0 aliphatic carbocycles. The third-order valence-corrected chi connectivity index (χ3v) is 5.89. The van der Waals surface area contributed by atoms with E-state index < -0.39 is 0 Å². The third-order valence-electron chi connectivity index (χ3n) is 5.89. The second-order valence-corrected chi connectivity index (χ2v) is 8.16. The van der Waals surface area contributed by atoms with Crippen LogP contribution in [0.5, 0.6) is 11.5 Å². The van der Waals surface area contributed by atoms with Crippen molar-refractivity contribution < 1.29 is 10.2 Å². The first-order chi connectivity index (χ1) is 13.5. The van der Waals surface area contributed by atoms with Gasteiger partial charge in [-0.2, -0.15) is 0 Å². The van der Waals surface area contributed by atoms with E-state index >= 15 is 0 Å². The lowest BCUT2D eigenvalue weighted by Gasteiger charge is -2.27. The maximum Gasteiger partial charge on any atom is 0.122 e. The molecule has 0 radical (unpaired) electrons. The Hall–Kier alpha value is -1.96. The van der Waals surface area contributed by atoms with Crippen molar-refractivity contribution in [3.8, 4) is 11.5 Å². The standard InChI is InChI=1S/C26H38O2/c1-6-9-12-20-16-14-18(4)25(27)23(20)22(11-8-3)24-21(13-10-7-2)17-15-19(5)26(24)28/h14-17,22,27-28H,6-13H2,1-5H3. The van der Waals surface area contributed by atoms with Crippen LogP contribution in [0.2, 0.25) is 0 Å². The maximum absolute atomic E-state index is 11.1. The van der Waals surface area contributed by atoms with Gasteiger partial charge in [0.25, 0.3) is 0 Å². The molecule has 0 aromatic heterocycles. The van der Waals surface area contributed by atoms with Crippen molar-refractivity contribution in [1.82, 2.24) is 0 Å². The number of hydrogen-bond acceptors (Lipinski definition) is 2. The van der Waals surface area contributed by atoms with Gasteiger partial charge < -0.3 is 10.2 Å². The Kier molecular flexibility index (Phi) is 8.41. The maximum atomic E-state index is 11.1. The van der Waals surface area contributed by atoms with Gasteiger partial charge in [-0.15, -0.1) is 0 Å². The van der Waals surface area contributed by atoms with Gasteiger partial charge in [0.05, 0.1) is 0 Å². The average molecular weight is 383 g/mol. The molecule has 2 rings (SSSR count). The summed E-state index contributed by atoms with van der Waals surface area (Å²) in [4.78, 5) is 0. The zero-order valence-corrected chi connectivity index (χ0v) is 18.4. The van der Waals surface area contributed by atoms with E-state index in [2.05, 4.69) is 32.9 Å². The van der Waals surface area contributed by atoms with E-state index in [1.807, 2.05) is 26.0 Å². The lowest BCUT2D eigenvalue weighted by Crippen LogP contribution is -2.10. The van der Waals surface area contributed by atoms with Gasteiger partial charge in [0.1, 0.15) is 11.5 Å². The van der Waals surface area contributed by atoms with Crippen molar-refractivity contribution in [1.29, 1.82) is 0 Å². The summed E-state index contributed by atoms with van der Waals surface area (Å²) >= 11 is 0. The van der Waals surface area contributed by atoms with Gasteiger partial charge in [0.15, 0.2) is 0 Å². The predicted octanol–water partition coefficient (Wildman–Crippen LogP) is 7.33. The van der Waals surface area contributed by atoms with Crippen LogP contribution in [0.4, 0.5) is 0 Å². The minimum Gasteiger partial charge on any atom is -0.507 e. The van der Waals surface area contributed by atoms with E-state index in [4.69, 9.17) is 0 Å². The van der Waals surface area contributed by atoms with E-state index in [9.17, 15) is 10.2 Å². The van der Waals surface area contributed by atoms with Crippen molar-refractivity contribution in [3.63, 3.8) is 0 Å². The Labute approximate surface area is 171 Å². The molecule has 0 spiro atoms. The fourth-order valence-electron chi connectivity index (χ4n) is 4.19. The van der Waals surface area contributed by atoms with Crippen LogP contribution in [0.15, 0.2) is 24.3 Å². The molecule has 2 nitrogen and oxygen atoms in total. The van der Waals surface area contributed by atoms with Crippen molar-refractivity contribution >= 4 is 0 Å². The first-order valence-corrected chi connectivity index (χ1v) is 11.1. The van der Waals surface area contributed by atoms with Crippen LogP contribution in [0.1, 0.15) is 98.6 Å². The molecule has 154 valence electrons. The summed E-state index contributed by atoms with van der Waals surface area (Å²) in [6.07, 6.45) is 8.34. The van der Waals surface area contributed by atoms with Gasteiger partial charge in [-0.1, -0.05) is 64.3 Å². The highest BCUT2D eigenvalue weighted by molar-refractivity contribution is 5.56. The molecule has 0 unspecified atom stereocenters. The molecule has 2 heteroatoms. The van der Waals surface area contributed by atoms with E-state index in [1.165, 1.54) is 11.1 Å². The Balaban J connectivity index is 2.70. The number of rotatable bonds is 10. The smallest absolute Gasteiger partial charge is 0.122 e. The van der Waals surface area contributed by atoms with Gasteiger partial charge in [0.2, 0.25) is 0 Å². The number of phenolic OH excluding ortho intramolecular Hbond substituents is 2. The Bertz CT molecular complexity index is 713. The highest BCUT2D eigenvalue weighted by Gasteiger charge is 2.26. The van der Waals surface area contributed by atoms with Gasteiger partial charge in [-0.3, -0.25) is 0 Å². The zero-order chi connectivity index (χ0) is 20.7. The Morgan fingerprint density at radius 1 is 0.679 bits per heavy atom.